The van der Waals surface area contributed by atoms with Gasteiger partial charge in [0.1, 0.15) is 11.5 Å². The van der Waals surface area contributed by atoms with Crippen LogP contribution in [0.25, 0.3) is 0 Å². The molecule has 3 rings (SSSR count). The Bertz CT molecular complexity index is 815. The lowest BCUT2D eigenvalue weighted by Gasteiger charge is -2.31. The van der Waals surface area contributed by atoms with Crippen molar-refractivity contribution in [3.63, 3.8) is 0 Å². The number of nitrogens with zero attached hydrogens (tertiary/aromatic N) is 2. The van der Waals surface area contributed by atoms with E-state index >= 15 is 0 Å². The van der Waals surface area contributed by atoms with E-state index in [4.69, 9.17) is 9.47 Å². The molecule has 1 aliphatic heterocycles. The van der Waals surface area contributed by atoms with Gasteiger partial charge in [0.25, 0.3) is 0 Å². The highest BCUT2D eigenvalue weighted by atomic mass is 16.6. The molecule has 1 aliphatic rings. The Hall–Kier alpha value is -2.90. The van der Waals surface area contributed by atoms with Crippen LogP contribution in [0.3, 0.4) is 0 Å². The summed E-state index contributed by atoms with van der Waals surface area (Å²) in [5, 5.41) is 2.66. The van der Waals surface area contributed by atoms with Crippen molar-refractivity contribution in [3.05, 3.63) is 54.1 Å². The molecule has 0 aliphatic carbocycles. The summed E-state index contributed by atoms with van der Waals surface area (Å²) in [4.78, 5) is 29.1. The smallest absolute Gasteiger partial charge is 0.417 e. The van der Waals surface area contributed by atoms with Crippen LogP contribution < -0.4 is 14.8 Å². The first-order valence-corrected chi connectivity index (χ1v) is 9.20. The first kappa shape index (κ1) is 19.9. The van der Waals surface area contributed by atoms with Crippen molar-refractivity contribution in [2.75, 3.05) is 52.2 Å². The third-order valence-electron chi connectivity index (χ3n) is 4.66. The molecule has 1 amide bonds. The standard InChI is InChI=1S/C21H25N3O4/c1-23-10-12-24(13-11-23)15-20(25)16-4-3-5-17(14-16)22-21(26)28-19-8-6-18(27-2)7-9-19/h3-9,14H,10-13,15H2,1-2H3,(H,22,26). The minimum Gasteiger partial charge on any atom is -0.497 e. The van der Waals surface area contributed by atoms with Crippen LogP contribution in [-0.4, -0.2) is 68.6 Å². The molecule has 1 fully saturated rings. The summed E-state index contributed by atoms with van der Waals surface area (Å²) in [6.45, 7) is 4.08. The summed E-state index contributed by atoms with van der Waals surface area (Å²) >= 11 is 0. The highest BCUT2D eigenvalue weighted by molar-refractivity contribution is 5.99. The first-order valence-electron chi connectivity index (χ1n) is 9.20. The maximum absolute atomic E-state index is 12.6. The number of ether oxygens (including phenoxy) is 2. The SMILES string of the molecule is COc1ccc(OC(=O)Nc2cccc(C(=O)CN3CCN(C)CC3)c2)cc1. The number of hydrogen-bond donors (Lipinski definition) is 1. The zero-order chi connectivity index (χ0) is 19.9. The maximum Gasteiger partial charge on any atom is 0.417 e. The van der Waals surface area contributed by atoms with Crippen molar-refractivity contribution in [1.82, 2.24) is 9.80 Å². The molecule has 7 heteroatoms. The van der Waals surface area contributed by atoms with Crippen LogP contribution in [-0.2, 0) is 0 Å². The van der Waals surface area contributed by atoms with Crippen molar-refractivity contribution < 1.29 is 19.1 Å². The van der Waals surface area contributed by atoms with Crippen LogP contribution in [0, 0.1) is 0 Å². The van der Waals surface area contributed by atoms with Crippen molar-refractivity contribution in [2.45, 2.75) is 0 Å². The molecule has 28 heavy (non-hydrogen) atoms. The monoisotopic (exact) mass is 383 g/mol. The average Bonchev–Trinajstić information content (AvgIpc) is 2.70. The van der Waals surface area contributed by atoms with E-state index in [9.17, 15) is 9.59 Å². The quantitative estimate of drug-likeness (QED) is 0.774. The van der Waals surface area contributed by atoms with E-state index in [1.165, 1.54) is 0 Å². The Kier molecular flexibility index (Phi) is 6.62. The van der Waals surface area contributed by atoms with Crippen molar-refractivity contribution in [2.24, 2.45) is 0 Å². The summed E-state index contributed by atoms with van der Waals surface area (Å²) < 4.78 is 10.3. The lowest BCUT2D eigenvalue weighted by molar-refractivity contribution is 0.0876. The van der Waals surface area contributed by atoms with Crippen LogP contribution in [0.15, 0.2) is 48.5 Å². The van der Waals surface area contributed by atoms with Crippen molar-refractivity contribution in [3.8, 4) is 11.5 Å². The maximum atomic E-state index is 12.6. The third-order valence-corrected chi connectivity index (χ3v) is 4.66. The zero-order valence-electron chi connectivity index (χ0n) is 16.2. The Balaban J connectivity index is 1.56. The van der Waals surface area contributed by atoms with E-state index in [-0.39, 0.29) is 5.78 Å². The molecular weight excluding hydrogens is 358 g/mol. The van der Waals surface area contributed by atoms with Gasteiger partial charge >= 0.3 is 6.09 Å². The summed E-state index contributed by atoms with van der Waals surface area (Å²) in [5.74, 6) is 1.12. The largest absolute Gasteiger partial charge is 0.497 e. The van der Waals surface area contributed by atoms with Crippen molar-refractivity contribution in [1.29, 1.82) is 0 Å². The molecule has 7 nitrogen and oxygen atoms in total. The fourth-order valence-corrected chi connectivity index (χ4v) is 2.96. The van der Waals surface area contributed by atoms with Crippen LogP contribution in [0.2, 0.25) is 0 Å². The number of rotatable bonds is 6. The highest BCUT2D eigenvalue weighted by Gasteiger charge is 2.18. The summed E-state index contributed by atoms with van der Waals surface area (Å²) in [6, 6.07) is 13.6. The Morgan fingerprint density at radius 2 is 1.68 bits per heavy atom. The average molecular weight is 383 g/mol. The van der Waals surface area contributed by atoms with Gasteiger partial charge < -0.3 is 14.4 Å². The van der Waals surface area contributed by atoms with Gasteiger partial charge in [-0.05, 0) is 43.4 Å². The van der Waals surface area contributed by atoms with E-state index in [2.05, 4.69) is 22.2 Å². The molecule has 0 unspecified atom stereocenters. The highest BCUT2D eigenvalue weighted by Crippen LogP contribution is 2.18. The van der Waals surface area contributed by atoms with Gasteiger partial charge in [-0.15, -0.1) is 0 Å². The Labute approximate surface area is 164 Å². The number of amides is 1. The third kappa shape index (κ3) is 5.55. The Morgan fingerprint density at radius 3 is 2.36 bits per heavy atom. The molecule has 0 aromatic heterocycles. The van der Waals surface area contributed by atoms with E-state index < -0.39 is 6.09 Å². The second kappa shape index (κ2) is 9.34. The number of likely N-dealkylation sites (N-methyl/N-ethyl adjacent to an activating group) is 1. The number of carbonyl (C=O) groups is 2. The normalized spacial score (nSPS) is 15.1. The number of piperazine rings is 1. The van der Waals surface area contributed by atoms with Crippen molar-refractivity contribution >= 4 is 17.6 Å². The molecule has 0 atom stereocenters. The molecule has 0 spiro atoms. The molecule has 0 bridgehead atoms. The number of carbonyl (C=O) groups excluding carboxylic acids is 2. The minimum absolute atomic E-state index is 0.0386. The fourth-order valence-electron chi connectivity index (χ4n) is 2.96. The molecule has 1 saturated heterocycles. The molecule has 1 N–H and O–H groups in total. The molecule has 0 radical (unpaired) electrons. The fraction of sp³-hybridized carbons (Fsp3) is 0.333. The number of anilines is 1. The second-order valence-electron chi connectivity index (χ2n) is 6.77. The van der Waals surface area contributed by atoms with Gasteiger partial charge in [0.15, 0.2) is 5.78 Å². The minimum atomic E-state index is -0.617. The van der Waals surface area contributed by atoms with Gasteiger partial charge in [-0.3, -0.25) is 15.0 Å². The van der Waals surface area contributed by atoms with Gasteiger partial charge in [0.2, 0.25) is 0 Å². The topological polar surface area (TPSA) is 71.1 Å². The lowest BCUT2D eigenvalue weighted by Crippen LogP contribution is -2.46. The van der Waals surface area contributed by atoms with Crippen LogP contribution in [0.5, 0.6) is 11.5 Å². The number of benzene rings is 2. The number of methoxy groups -OCH3 is 1. The summed E-state index contributed by atoms with van der Waals surface area (Å²) in [7, 11) is 3.65. The first-order chi connectivity index (χ1) is 13.5. The zero-order valence-corrected chi connectivity index (χ0v) is 16.2. The van der Waals surface area contributed by atoms with Crippen LogP contribution >= 0.6 is 0 Å². The number of ketones is 1. The predicted molar refractivity (Wildman–Crippen MR) is 107 cm³/mol. The van der Waals surface area contributed by atoms with E-state index in [0.717, 1.165) is 26.2 Å². The summed E-state index contributed by atoms with van der Waals surface area (Å²) in [6.07, 6.45) is -0.617. The molecular formula is C21H25N3O4. The van der Waals surface area contributed by atoms with Gasteiger partial charge in [-0.1, -0.05) is 12.1 Å². The lowest BCUT2D eigenvalue weighted by atomic mass is 10.1. The van der Waals surface area contributed by atoms with Gasteiger partial charge in [-0.25, -0.2) is 4.79 Å². The molecule has 2 aromatic carbocycles. The van der Waals surface area contributed by atoms with Crippen LogP contribution in [0.1, 0.15) is 10.4 Å². The molecule has 1 heterocycles. The van der Waals surface area contributed by atoms with Gasteiger partial charge in [-0.2, -0.15) is 0 Å². The molecule has 2 aromatic rings. The summed E-state index contributed by atoms with van der Waals surface area (Å²) in [5.41, 5.74) is 1.09. The van der Waals surface area contributed by atoms with Gasteiger partial charge in [0.05, 0.1) is 13.7 Å². The second-order valence-corrected chi connectivity index (χ2v) is 6.77. The van der Waals surface area contributed by atoms with E-state index in [0.29, 0.717) is 29.3 Å². The number of nitrogens with one attached hydrogen (secondary N) is 1. The van der Waals surface area contributed by atoms with E-state index in [1.54, 1.807) is 55.6 Å². The Morgan fingerprint density at radius 1 is 1.00 bits per heavy atom. The number of Topliss-reactive ketones (excluding diaryl/α,β-unsaturated/α-hetero) is 1. The van der Waals surface area contributed by atoms with Crippen LogP contribution in [0.4, 0.5) is 10.5 Å². The van der Waals surface area contributed by atoms with E-state index in [1.807, 2.05) is 0 Å². The number of hydrogen-bond acceptors (Lipinski definition) is 6. The molecule has 148 valence electrons. The predicted octanol–water partition coefficient (Wildman–Crippen LogP) is 2.74. The van der Waals surface area contributed by atoms with Gasteiger partial charge in [0, 0.05) is 37.4 Å². The molecule has 0 saturated carbocycles.